The van der Waals surface area contributed by atoms with Gasteiger partial charge in [-0.1, -0.05) is 12.1 Å². The SMILES string of the molecule is CNC1CCCN(C(=O)c2cn[nH]c2-c2cccc(OC(F)F)c2)C1.Cl. The van der Waals surface area contributed by atoms with Crippen LogP contribution < -0.4 is 10.1 Å². The number of alkyl halides is 2. The maximum atomic E-state index is 12.9. The third-order valence-corrected chi connectivity index (χ3v) is 4.33. The standard InChI is InChI=1S/C17H20F2N4O2.ClH/c1-20-12-5-3-7-23(10-12)16(24)14-9-21-22-15(14)11-4-2-6-13(8-11)25-17(18)19;/h2,4,6,8-9,12,17,20H,3,5,7,10H2,1H3,(H,21,22);1H. The monoisotopic (exact) mass is 386 g/mol. The molecule has 1 aliphatic heterocycles. The van der Waals surface area contributed by atoms with E-state index in [1.54, 1.807) is 17.0 Å². The van der Waals surface area contributed by atoms with Gasteiger partial charge in [0.1, 0.15) is 5.75 Å². The van der Waals surface area contributed by atoms with Gasteiger partial charge in [0.2, 0.25) is 0 Å². The van der Waals surface area contributed by atoms with Gasteiger partial charge in [-0.05, 0) is 32.0 Å². The van der Waals surface area contributed by atoms with Crippen LogP contribution in [0.5, 0.6) is 5.75 Å². The number of aromatic nitrogens is 2. The quantitative estimate of drug-likeness (QED) is 0.829. The van der Waals surface area contributed by atoms with Crippen LogP contribution in [0.1, 0.15) is 23.2 Å². The predicted molar refractivity (Wildman–Crippen MR) is 95.9 cm³/mol. The largest absolute Gasteiger partial charge is 0.435 e. The van der Waals surface area contributed by atoms with Crippen LogP contribution in [0.25, 0.3) is 11.3 Å². The van der Waals surface area contributed by atoms with Crippen molar-refractivity contribution in [2.45, 2.75) is 25.5 Å². The summed E-state index contributed by atoms with van der Waals surface area (Å²) >= 11 is 0. The fourth-order valence-electron chi connectivity index (χ4n) is 3.06. The van der Waals surface area contributed by atoms with Gasteiger partial charge in [-0.3, -0.25) is 9.89 Å². The summed E-state index contributed by atoms with van der Waals surface area (Å²) in [6.07, 6.45) is 3.44. The van der Waals surface area contributed by atoms with Crippen LogP contribution in [0.3, 0.4) is 0 Å². The number of rotatable bonds is 5. The van der Waals surface area contributed by atoms with Gasteiger partial charge in [-0.2, -0.15) is 13.9 Å². The number of amides is 1. The molecule has 2 heterocycles. The van der Waals surface area contributed by atoms with Crippen molar-refractivity contribution in [1.29, 1.82) is 0 Å². The van der Waals surface area contributed by atoms with E-state index in [0.29, 0.717) is 29.9 Å². The van der Waals surface area contributed by atoms with Crippen molar-refractivity contribution in [1.82, 2.24) is 20.4 Å². The van der Waals surface area contributed by atoms with E-state index in [9.17, 15) is 13.6 Å². The molecule has 0 radical (unpaired) electrons. The van der Waals surface area contributed by atoms with Crippen molar-refractivity contribution in [2.24, 2.45) is 0 Å². The number of hydrogen-bond acceptors (Lipinski definition) is 4. The lowest BCUT2D eigenvalue weighted by Crippen LogP contribution is -2.47. The first-order chi connectivity index (χ1) is 12.1. The van der Waals surface area contributed by atoms with Crippen molar-refractivity contribution in [3.63, 3.8) is 0 Å². The first kappa shape index (κ1) is 20.1. The lowest BCUT2D eigenvalue weighted by atomic mass is 10.0. The van der Waals surface area contributed by atoms with Crippen LogP contribution in [0.4, 0.5) is 8.78 Å². The Morgan fingerprint density at radius 1 is 1.46 bits per heavy atom. The molecule has 0 bridgehead atoms. The zero-order valence-electron chi connectivity index (χ0n) is 14.2. The molecule has 142 valence electrons. The molecule has 3 rings (SSSR count). The van der Waals surface area contributed by atoms with Crippen LogP contribution in [0, 0.1) is 0 Å². The Balaban J connectivity index is 0.00000243. The molecule has 1 atom stereocenters. The van der Waals surface area contributed by atoms with Gasteiger partial charge in [0, 0.05) is 24.7 Å². The summed E-state index contributed by atoms with van der Waals surface area (Å²) in [5.41, 5.74) is 1.49. The normalized spacial score (nSPS) is 17.1. The zero-order chi connectivity index (χ0) is 17.8. The Morgan fingerprint density at radius 3 is 3.00 bits per heavy atom. The van der Waals surface area contributed by atoms with Gasteiger partial charge in [-0.15, -0.1) is 12.4 Å². The number of carbonyl (C=O) groups excluding carboxylic acids is 1. The van der Waals surface area contributed by atoms with Gasteiger partial charge >= 0.3 is 6.61 Å². The van der Waals surface area contributed by atoms with Crippen LogP contribution >= 0.6 is 12.4 Å². The van der Waals surface area contributed by atoms with Gasteiger partial charge < -0.3 is 15.0 Å². The molecule has 1 unspecified atom stereocenters. The molecule has 1 saturated heterocycles. The second-order valence-corrected chi connectivity index (χ2v) is 5.94. The number of nitrogens with zero attached hydrogens (tertiary/aromatic N) is 2. The van der Waals surface area contributed by atoms with Crippen molar-refractivity contribution in [2.75, 3.05) is 20.1 Å². The van der Waals surface area contributed by atoms with E-state index in [2.05, 4.69) is 20.3 Å². The van der Waals surface area contributed by atoms with Crippen LogP contribution in [0.2, 0.25) is 0 Å². The van der Waals surface area contributed by atoms with Gasteiger partial charge in [-0.25, -0.2) is 0 Å². The molecule has 0 aliphatic carbocycles. The van der Waals surface area contributed by atoms with Gasteiger partial charge in [0.15, 0.2) is 0 Å². The van der Waals surface area contributed by atoms with Crippen LogP contribution in [-0.2, 0) is 0 Å². The number of ether oxygens (including phenoxy) is 1. The molecule has 1 fully saturated rings. The molecule has 2 aromatic rings. The highest BCUT2D eigenvalue weighted by molar-refractivity contribution is 5.99. The molecule has 1 amide bonds. The van der Waals surface area contributed by atoms with E-state index in [1.165, 1.54) is 18.3 Å². The van der Waals surface area contributed by atoms with Crippen molar-refractivity contribution in [3.8, 4) is 17.0 Å². The minimum absolute atomic E-state index is 0. The topological polar surface area (TPSA) is 70.2 Å². The fraction of sp³-hybridized carbons (Fsp3) is 0.412. The molecule has 0 spiro atoms. The highest BCUT2D eigenvalue weighted by atomic mass is 35.5. The molecule has 6 nitrogen and oxygen atoms in total. The molecule has 2 N–H and O–H groups in total. The third-order valence-electron chi connectivity index (χ3n) is 4.33. The summed E-state index contributed by atoms with van der Waals surface area (Å²) in [5, 5.41) is 9.96. The number of halogens is 3. The molecule has 26 heavy (non-hydrogen) atoms. The highest BCUT2D eigenvalue weighted by Crippen LogP contribution is 2.27. The maximum absolute atomic E-state index is 12.9. The van der Waals surface area contributed by atoms with Crippen molar-refractivity contribution in [3.05, 3.63) is 36.0 Å². The van der Waals surface area contributed by atoms with E-state index >= 15 is 0 Å². The second-order valence-electron chi connectivity index (χ2n) is 5.94. The minimum atomic E-state index is -2.90. The number of nitrogens with one attached hydrogen (secondary N) is 2. The summed E-state index contributed by atoms with van der Waals surface area (Å²) in [5.74, 6) is -0.0856. The number of benzene rings is 1. The van der Waals surface area contributed by atoms with E-state index in [-0.39, 0.29) is 30.1 Å². The molecule has 1 aliphatic rings. The Hall–Kier alpha value is -2.19. The Labute approximate surface area is 156 Å². The summed E-state index contributed by atoms with van der Waals surface area (Å²) in [4.78, 5) is 14.7. The number of piperidine rings is 1. The third kappa shape index (κ3) is 4.50. The molecular formula is C17H21ClF2N4O2. The molecule has 1 aromatic carbocycles. The first-order valence-electron chi connectivity index (χ1n) is 8.13. The number of H-pyrrole nitrogens is 1. The first-order valence-corrected chi connectivity index (χ1v) is 8.13. The van der Waals surface area contributed by atoms with E-state index < -0.39 is 6.61 Å². The molecule has 1 aromatic heterocycles. The van der Waals surface area contributed by atoms with Crippen molar-refractivity contribution < 1.29 is 18.3 Å². The summed E-state index contributed by atoms with van der Waals surface area (Å²) in [6.45, 7) is -1.57. The Morgan fingerprint density at radius 2 is 2.27 bits per heavy atom. The predicted octanol–water partition coefficient (Wildman–Crippen LogP) is 2.92. The Kier molecular flexibility index (Phi) is 6.93. The number of carbonyl (C=O) groups is 1. The fourth-order valence-corrected chi connectivity index (χ4v) is 3.06. The minimum Gasteiger partial charge on any atom is -0.435 e. The molecule has 0 saturated carbocycles. The van der Waals surface area contributed by atoms with E-state index in [1.807, 2.05) is 7.05 Å². The highest BCUT2D eigenvalue weighted by Gasteiger charge is 2.26. The average Bonchev–Trinajstić information content (AvgIpc) is 3.10. The summed E-state index contributed by atoms with van der Waals surface area (Å²) < 4.78 is 29.2. The lowest BCUT2D eigenvalue weighted by molar-refractivity contribution is -0.0498. The van der Waals surface area contributed by atoms with Gasteiger partial charge in [0.25, 0.3) is 5.91 Å². The van der Waals surface area contributed by atoms with Gasteiger partial charge in [0.05, 0.1) is 17.5 Å². The number of likely N-dealkylation sites (tertiary alicyclic amines) is 1. The summed E-state index contributed by atoms with van der Waals surface area (Å²) in [6, 6.07) is 6.49. The zero-order valence-corrected chi connectivity index (χ0v) is 15.1. The maximum Gasteiger partial charge on any atom is 0.387 e. The average molecular weight is 387 g/mol. The smallest absolute Gasteiger partial charge is 0.387 e. The van der Waals surface area contributed by atoms with Crippen molar-refractivity contribution >= 4 is 18.3 Å². The number of likely N-dealkylation sites (N-methyl/N-ethyl adjacent to an activating group) is 1. The van der Waals surface area contributed by atoms with Crippen LogP contribution in [0.15, 0.2) is 30.5 Å². The van der Waals surface area contributed by atoms with E-state index in [4.69, 9.17) is 0 Å². The summed E-state index contributed by atoms with van der Waals surface area (Å²) in [7, 11) is 1.89. The second kappa shape index (κ2) is 8.95. The number of hydrogen-bond donors (Lipinski definition) is 2. The lowest BCUT2D eigenvalue weighted by Gasteiger charge is -2.32. The number of aromatic amines is 1. The Bertz CT molecular complexity index is 741. The van der Waals surface area contributed by atoms with E-state index in [0.717, 1.165) is 12.8 Å². The molecular weight excluding hydrogens is 366 g/mol. The molecule has 9 heteroatoms. The van der Waals surface area contributed by atoms with Crippen LogP contribution in [-0.4, -0.2) is 53.8 Å².